The van der Waals surface area contributed by atoms with Gasteiger partial charge in [-0.05, 0) is 11.8 Å². The van der Waals surface area contributed by atoms with Crippen LogP contribution in [0, 0.1) is 11.8 Å². The van der Waals surface area contributed by atoms with Crippen molar-refractivity contribution in [2.75, 3.05) is 11.5 Å². The van der Waals surface area contributed by atoms with E-state index in [4.69, 9.17) is 0 Å². The molecule has 66 valence electrons. The van der Waals surface area contributed by atoms with Gasteiger partial charge < -0.3 is 0 Å². The Morgan fingerprint density at radius 2 is 1.45 bits per heavy atom. The van der Waals surface area contributed by atoms with Crippen molar-refractivity contribution in [1.29, 1.82) is 0 Å². The Morgan fingerprint density at radius 3 is 1.73 bits per heavy atom. The molecule has 1 aliphatic rings. The minimum absolute atomic E-state index is 0.433. The summed E-state index contributed by atoms with van der Waals surface area (Å²) in [6, 6.07) is 0. The third-order valence-electron chi connectivity index (χ3n) is 2.65. The van der Waals surface area contributed by atoms with E-state index in [1.165, 1.54) is 0 Å². The summed E-state index contributed by atoms with van der Waals surface area (Å²) >= 11 is 0. The number of sulfone groups is 1. The van der Waals surface area contributed by atoms with Crippen molar-refractivity contribution in [3.8, 4) is 0 Å². The van der Waals surface area contributed by atoms with Crippen molar-refractivity contribution in [2.24, 2.45) is 11.8 Å². The highest BCUT2D eigenvalue weighted by Crippen LogP contribution is 2.29. The fourth-order valence-corrected chi connectivity index (χ4v) is 4.35. The van der Waals surface area contributed by atoms with Gasteiger partial charge in [0.2, 0.25) is 0 Å². The smallest absolute Gasteiger partial charge is 0.150 e. The molecule has 1 heterocycles. The number of rotatable bonds is 2. The summed E-state index contributed by atoms with van der Waals surface area (Å²) in [5.74, 6) is 1.74. The van der Waals surface area contributed by atoms with Crippen LogP contribution in [0.2, 0.25) is 0 Å². The molecule has 0 radical (unpaired) electrons. The van der Waals surface area contributed by atoms with Crippen LogP contribution in [0.4, 0.5) is 0 Å². The molecular formula is C8H16O2S. The molecule has 0 aromatic carbocycles. The molecule has 11 heavy (non-hydrogen) atoms. The zero-order valence-electron chi connectivity index (χ0n) is 7.21. The molecule has 0 spiro atoms. The topological polar surface area (TPSA) is 34.1 Å². The average molecular weight is 176 g/mol. The zero-order chi connectivity index (χ0) is 8.48. The Hall–Kier alpha value is -0.0500. The van der Waals surface area contributed by atoms with Crippen LogP contribution in [0.3, 0.4) is 0 Å². The second-order valence-corrected chi connectivity index (χ2v) is 5.57. The van der Waals surface area contributed by atoms with E-state index >= 15 is 0 Å². The summed E-state index contributed by atoms with van der Waals surface area (Å²) in [5.41, 5.74) is 0. The summed E-state index contributed by atoms with van der Waals surface area (Å²) in [5, 5.41) is 0. The molecule has 1 fully saturated rings. The SMILES string of the molecule is CC[C@@H]1CS(=O)(=O)C[C@@H]1CC. The largest absolute Gasteiger partial charge is 0.229 e. The van der Waals surface area contributed by atoms with Gasteiger partial charge in [-0.3, -0.25) is 0 Å². The molecule has 3 heteroatoms. The fourth-order valence-electron chi connectivity index (χ4n) is 1.89. The van der Waals surface area contributed by atoms with E-state index < -0.39 is 9.84 Å². The van der Waals surface area contributed by atoms with Crippen LogP contribution in [0.25, 0.3) is 0 Å². The van der Waals surface area contributed by atoms with Crippen LogP contribution in [-0.4, -0.2) is 19.9 Å². The van der Waals surface area contributed by atoms with Gasteiger partial charge in [0.05, 0.1) is 11.5 Å². The van der Waals surface area contributed by atoms with Gasteiger partial charge in [-0.25, -0.2) is 8.42 Å². The second-order valence-electron chi connectivity index (χ2n) is 3.41. The lowest BCUT2D eigenvalue weighted by atomic mass is 9.92. The lowest BCUT2D eigenvalue weighted by Crippen LogP contribution is -2.09. The Bertz CT molecular complexity index is 200. The van der Waals surface area contributed by atoms with E-state index in [1.807, 2.05) is 0 Å². The predicted molar refractivity (Wildman–Crippen MR) is 46.2 cm³/mol. The molecule has 2 atom stereocenters. The maximum atomic E-state index is 11.2. The standard InChI is InChI=1S/C8H16O2S/c1-3-7-5-11(9,10)6-8(7)4-2/h7-8H,3-6H2,1-2H3/t7-,8+. The van der Waals surface area contributed by atoms with E-state index in [0.717, 1.165) is 12.8 Å². The van der Waals surface area contributed by atoms with Gasteiger partial charge in [-0.15, -0.1) is 0 Å². The summed E-state index contributed by atoms with van der Waals surface area (Å²) in [6.07, 6.45) is 2.02. The molecule has 0 amide bonds. The molecule has 0 saturated carbocycles. The summed E-state index contributed by atoms with van der Waals surface area (Å²) in [6.45, 7) is 4.16. The third-order valence-corrected chi connectivity index (χ3v) is 4.52. The number of hydrogen-bond acceptors (Lipinski definition) is 2. The van der Waals surface area contributed by atoms with Gasteiger partial charge in [0, 0.05) is 0 Å². The van der Waals surface area contributed by atoms with Gasteiger partial charge in [-0.2, -0.15) is 0 Å². The molecular weight excluding hydrogens is 160 g/mol. The van der Waals surface area contributed by atoms with E-state index in [-0.39, 0.29) is 0 Å². The van der Waals surface area contributed by atoms with Crippen LogP contribution in [0.15, 0.2) is 0 Å². The lowest BCUT2D eigenvalue weighted by Gasteiger charge is -2.12. The first kappa shape index (κ1) is 9.04. The predicted octanol–water partition coefficient (Wildman–Crippen LogP) is 1.47. The van der Waals surface area contributed by atoms with Crippen molar-refractivity contribution < 1.29 is 8.42 Å². The van der Waals surface area contributed by atoms with E-state index in [9.17, 15) is 8.42 Å². The van der Waals surface area contributed by atoms with E-state index in [2.05, 4.69) is 13.8 Å². The average Bonchev–Trinajstić information content (AvgIpc) is 2.25. The van der Waals surface area contributed by atoms with E-state index in [1.54, 1.807) is 0 Å². The minimum atomic E-state index is -2.67. The molecule has 0 unspecified atom stereocenters. The summed E-state index contributed by atoms with van der Waals surface area (Å²) in [4.78, 5) is 0. The quantitative estimate of drug-likeness (QED) is 0.638. The first-order valence-corrected chi connectivity index (χ1v) is 6.11. The van der Waals surface area contributed by atoms with Crippen LogP contribution in [0.5, 0.6) is 0 Å². The lowest BCUT2D eigenvalue weighted by molar-refractivity contribution is 0.397. The summed E-state index contributed by atoms with van der Waals surface area (Å²) < 4.78 is 22.3. The van der Waals surface area contributed by atoms with Gasteiger partial charge in [0.25, 0.3) is 0 Å². The Balaban J connectivity index is 2.70. The molecule has 1 rings (SSSR count). The van der Waals surface area contributed by atoms with Crippen molar-refractivity contribution in [2.45, 2.75) is 26.7 Å². The van der Waals surface area contributed by atoms with Gasteiger partial charge in [0.15, 0.2) is 9.84 Å². The third kappa shape index (κ3) is 1.95. The first-order valence-electron chi connectivity index (χ1n) is 4.29. The molecule has 1 aliphatic heterocycles. The molecule has 0 aromatic heterocycles. The highest BCUT2D eigenvalue weighted by molar-refractivity contribution is 7.91. The van der Waals surface area contributed by atoms with Crippen LogP contribution < -0.4 is 0 Å². The Labute approximate surface area is 68.9 Å². The summed E-state index contributed by atoms with van der Waals surface area (Å²) in [7, 11) is -2.67. The minimum Gasteiger partial charge on any atom is -0.229 e. The fraction of sp³-hybridized carbons (Fsp3) is 1.00. The van der Waals surface area contributed by atoms with Crippen LogP contribution in [-0.2, 0) is 9.84 Å². The monoisotopic (exact) mass is 176 g/mol. The highest BCUT2D eigenvalue weighted by atomic mass is 32.2. The van der Waals surface area contributed by atoms with Crippen molar-refractivity contribution in [1.82, 2.24) is 0 Å². The molecule has 0 aliphatic carbocycles. The van der Waals surface area contributed by atoms with Gasteiger partial charge >= 0.3 is 0 Å². The van der Waals surface area contributed by atoms with Crippen LogP contribution in [0.1, 0.15) is 26.7 Å². The van der Waals surface area contributed by atoms with Gasteiger partial charge in [0.1, 0.15) is 0 Å². The van der Waals surface area contributed by atoms with Gasteiger partial charge in [-0.1, -0.05) is 26.7 Å². The van der Waals surface area contributed by atoms with Crippen molar-refractivity contribution in [3.63, 3.8) is 0 Å². The Morgan fingerprint density at radius 1 is 1.09 bits per heavy atom. The molecule has 0 N–H and O–H groups in total. The zero-order valence-corrected chi connectivity index (χ0v) is 8.02. The van der Waals surface area contributed by atoms with Crippen LogP contribution >= 0.6 is 0 Å². The van der Waals surface area contributed by atoms with Crippen molar-refractivity contribution >= 4 is 9.84 Å². The van der Waals surface area contributed by atoms with Crippen molar-refractivity contribution in [3.05, 3.63) is 0 Å². The second kappa shape index (κ2) is 3.13. The maximum absolute atomic E-state index is 11.2. The molecule has 0 aromatic rings. The Kier molecular flexibility index (Phi) is 2.58. The first-order chi connectivity index (χ1) is 5.09. The molecule has 0 bridgehead atoms. The van der Waals surface area contributed by atoms with E-state index in [0.29, 0.717) is 23.3 Å². The molecule has 1 saturated heterocycles. The maximum Gasteiger partial charge on any atom is 0.150 e. The normalized spacial score (nSPS) is 35.8. The molecule has 2 nitrogen and oxygen atoms in total. The highest BCUT2D eigenvalue weighted by Gasteiger charge is 2.34. The number of hydrogen-bond donors (Lipinski definition) is 0.